The number of nitrogens with zero attached hydrogens (tertiary/aromatic N) is 2. The van der Waals surface area contributed by atoms with E-state index in [0.29, 0.717) is 17.0 Å². The highest BCUT2D eigenvalue weighted by molar-refractivity contribution is 5.92. The molecule has 34 heavy (non-hydrogen) atoms. The quantitative estimate of drug-likeness (QED) is 0.397. The predicted molar refractivity (Wildman–Crippen MR) is 126 cm³/mol. The molecule has 4 rings (SSSR count). The molecule has 1 unspecified atom stereocenters. The highest BCUT2D eigenvalue weighted by Gasteiger charge is 2.25. The van der Waals surface area contributed by atoms with Gasteiger partial charge in [-0.15, -0.1) is 0 Å². The Morgan fingerprint density at radius 1 is 1.03 bits per heavy atom. The van der Waals surface area contributed by atoms with E-state index in [4.69, 9.17) is 9.26 Å². The molecule has 8 heteroatoms. The lowest BCUT2D eigenvalue weighted by Crippen LogP contribution is -2.36. The van der Waals surface area contributed by atoms with Gasteiger partial charge in [-0.2, -0.15) is 0 Å². The Kier molecular flexibility index (Phi) is 6.32. The number of carboxylic acid groups (broad SMARTS) is 1. The van der Waals surface area contributed by atoms with Crippen LogP contribution in [0, 0.1) is 0 Å². The van der Waals surface area contributed by atoms with Gasteiger partial charge in [0.25, 0.3) is 0 Å². The fourth-order valence-electron chi connectivity index (χ4n) is 3.71. The van der Waals surface area contributed by atoms with E-state index in [2.05, 4.69) is 15.5 Å². The first-order valence-electron chi connectivity index (χ1n) is 10.8. The van der Waals surface area contributed by atoms with Crippen molar-refractivity contribution in [3.8, 4) is 11.3 Å². The van der Waals surface area contributed by atoms with E-state index in [1.165, 1.54) is 6.07 Å². The summed E-state index contributed by atoms with van der Waals surface area (Å²) in [6.07, 6.45) is -0.348. The maximum atomic E-state index is 12.7. The second-order valence-electron chi connectivity index (χ2n) is 8.84. The van der Waals surface area contributed by atoms with Crippen molar-refractivity contribution >= 4 is 23.0 Å². The van der Waals surface area contributed by atoms with Crippen LogP contribution in [0.3, 0.4) is 0 Å². The standard InChI is InChI=1S/C26H25N3O5/c1-26(2,3)33-25(32)28-21(15-16-9-8-13-20(27-16)24(30)31)17-10-4-5-11-18(17)23-19-12-6-7-14-22(19)34-29-23/h4-14,21H,15H2,1-3H3,(H,28,32)(H,30,31). The van der Waals surface area contributed by atoms with Gasteiger partial charge in [-0.1, -0.05) is 47.6 Å². The Hall–Kier alpha value is -4.20. The summed E-state index contributed by atoms with van der Waals surface area (Å²) in [4.78, 5) is 28.4. The summed E-state index contributed by atoms with van der Waals surface area (Å²) in [5.41, 5.74) is 2.62. The molecular weight excluding hydrogens is 434 g/mol. The fraction of sp³-hybridized carbons (Fsp3) is 0.231. The number of fused-ring (bicyclic) bond motifs is 1. The van der Waals surface area contributed by atoms with E-state index in [-0.39, 0.29) is 12.1 Å². The Balaban J connectivity index is 1.77. The molecule has 1 amide bonds. The molecular formula is C26H25N3O5. The molecule has 1 atom stereocenters. The number of hydrogen-bond donors (Lipinski definition) is 2. The van der Waals surface area contributed by atoms with Gasteiger partial charge in [-0.05, 0) is 50.6 Å². The lowest BCUT2D eigenvalue weighted by molar-refractivity contribution is 0.0502. The van der Waals surface area contributed by atoms with Gasteiger partial charge in [0.15, 0.2) is 5.58 Å². The SMILES string of the molecule is CC(C)(C)OC(=O)NC(Cc1cccc(C(=O)O)n1)c1ccccc1-c1noc2ccccc12. The average molecular weight is 460 g/mol. The van der Waals surface area contributed by atoms with E-state index in [1.54, 1.807) is 32.9 Å². The molecule has 4 aromatic rings. The summed E-state index contributed by atoms with van der Waals surface area (Å²) < 4.78 is 11.0. The van der Waals surface area contributed by atoms with Crippen molar-refractivity contribution < 1.29 is 24.0 Å². The molecule has 0 bridgehead atoms. The number of nitrogens with one attached hydrogen (secondary N) is 1. The number of ether oxygens (including phenoxy) is 1. The molecule has 0 radical (unpaired) electrons. The summed E-state index contributed by atoms with van der Waals surface area (Å²) in [5, 5.41) is 17.4. The topological polar surface area (TPSA) is 115 Å². The summed E-state index contributed by atoms with van der Waals surface area (Å²) in [6.45, 7) is 5.36. The number of carbonyl (C=O) groups excluding carboxylic acids is 1. The van der Waals surface area contributed by atoms with E-state index in [1.807, 2.05) is 48.5 Å². The van der Waals surface area contributed by atoms with Crippen molar-refractivity contribution in [3.63, 3.8) is 0 Å². The van der Waals surface area contributed by atoms with Crippen LogP contribution in [0.1, 0.15) is 48.6 Å². The number of pyridine rings is 1. The molecule has 0 saturated carbocycles. The minimum atomic E-state index is -1.12. The molecule has 2 aromatic heterocycles. The summed E-state index contributed by atoms with van der Waals surface area (Å²) in [5.74, 6) is -1.12. The highest BCUT2D eigenvalue weighted by atomic mass is 16.6. The van der Waals surface area contributed by atoms with Gasteiger partial charge >= 0.3 is 12.1 Å². The first kappa shape index (κ1) is 23.0. The molecule has 8 nitrogen and oxygen atoms in total. The highest BCUT2D eigenvalue weighted by Crippen LogP contribution is 2.34. The van der Waals surface area contributed by atoms with Crippen LogP contribution in [0.2, 0.25) is 0 Å². The van der Waals surface area contributed by atoms with Crippen LogP contribution < -0.4 is 5.32 Å². The van der Waals surface area contributed by atoms with E-state index >= 15 is 0 Å². The number of hydrogen-bond acceptors (Lipinski definition) is 6. The van der Waals surface area contributed by atoms with Crippen LogP contribution in [0.4, 0.5) is 4.79 Å². The van der Waals surface area contributed by atoms with Gasteiger partial charge in [0.1, 0.15) is 17.0 Å². The first-order chi connectivity index (χ1) is 16.2. The second kappa shape index (κ2) is 9.35. The second-order valence-corrected chi connectivity index (χ2v) is 8.84. The number of amides is 1. The van der Waals surface area contributed by atoms with Crippen LogP contribution in [0.25, 0.3) is 22.2 Å². The zero-order valence-electron chi connectivity index (χ0n) is 19.1. The molecule has 0 aliphatic heterocycles. The third kappa shape index (κ3) is 5.23. The van der Waals surface area contributed by atoms with Crippen molar-refractivity contribution in [1.29, 1.82) is 0 Å². The Labute approximate surface area is 196 Å². The third-order valence-corrected chi connectivity index (χ3v) is 5.10. The number of benzene rings is 2. The van der Waals surface area contributed by atoms with E-state index < -0.39 is 23.7 Å². The Morgan fingerprint density at radius 2 is 1.76 bits per heavy atom. The number of para-hydroxylation sites is 1. The molecule has 0 spiro atoms. The smallest absolute Gasteiger partial charge is 0.408 e. The number of aromatic nitrogens is 2. The number of carbonyl (C=O) groups is 2. The summed E-state index contributed by atoms with van der Waals surface area (Å²) in [6, 6.07) is 19.3. The van der Waals surface area contributed by atoms with Gasteiger partial charge in [0, 0.05) is 23.1 Å². The van der Waals surface area contributed by atoms with Gasteiger partial charge in [0.05, 0.1) is 6.04 Å². The zero-order chi connectivity index (χ0) is 24.3. The zero-order valence-corrected chi connectivity index (χ0v) is 19.1. The average Bonchev–Trinajstić information content (AvgIpc) is 3.21. The van der Waals surface area contributed by atoms with E-state index in [0.717, 1.165) is 16.5 Å². The fourth-order valence-corrected chi connectivity index (χ4v) is 3.71. The lowest BCUT2D eigenvalue weighted by Gasteiger charge is -2.25. The number of alkyl carbamates (subject to hydrolysis) is 1. The maximum Gasteiger partial charge on any atom is 0.408 e. The maximum absolute atomic E-state index is 12.7. The van der Waals surface area contributed by atoms with Gasteiger partial charge in [0.2, 0.25) is 0 Å². The summed E-state index contributed by atoms with van der Waals surface area (Å²) >= 11 is 0. The van der Waals surface area contributed by atoms with Crippen LogP contribution >= 0.6 is 0 Å². The molecule has 2 N–H and O–H groups in total. The molecule has 0 aliphatic carbocycles. The third-order valence-electron chi connectivity index (χ3n) is 5.10. The predicted octanol–water partition coefficient (Wildman–Crippen LogP) is 5.40. The Morgan fingerprint density at radius 3 is 2.53 bits per heavy atom. The van der Waals surface area contributed by atoms with Crippen molar-refractivity contribution in [1.82, 2.24) is 15.5 Å². The van der Waals surface area contributed by atoms with Crippen molar-refractivity contribution in [3.05, 3.63) is 83.7 Å². The molecule has 0 saturated heterocycles. The van der Waals surface area contributed by atoms with Crippen molar-refractivity contribution in [2.45, 2.75) is 38.8 Å². The molecule has 174 valence electrons. The Bertz CT molecular complexity index is 1340. The van der Waals surface area contributed by atoms with E-state index in [9.17, 15) is 14.7 Å². The van der Waals surface area contributed by atoms with Gasteiger partial charge in [-0.3, -0.25) is 0 Å². The minimum Gasteiger partial charge on any atom is -0.477 e. The number of rotatable bonds is 6. The molecule has 0 aliphatic rings. The number of aromatic carboxylic acids is 1. The van der Waals surface area contributed by atoms with Crippen LogP contribution in [0.15, 0.2) is 71.3 Å². The van der Waals surface area contributed by atoms with Crippen molar-refractivity contribution in [2.75, 3.05) is 0 Å². The monoisotopic (exact) mass is 459 g/mol. The minimum absolute atomic E-state index is 0.0655. The van der Waals surface area contributed by atoms with Gasteiger partial charge < -0.3 is 19.7 Å². The van der Waals surface area contributed by atoms with Gasteiger partial charge in [-0.25, -0.2) is 14.6 Å². The van der Waals surface area contributed by atoms with Crippen molar-refractivity contribution in [2.24, 2.45) is 0 Å². The van der Waals surface area contributed by atoms with Crippen LogP contribution in [-0.4, -0.2) is 32.9 Å². The van der Waals surface area contributed by atoms with Crippen LogP contribution in [-0.2, 0) is 11.2 Å². The number of carboxylic acids is 1. The summed E-state index contributed by atoms with van der Waals surface area (Å²) in [7, 11) is 0. The molecule has 2 heterocycles. The first-order valence-corrected chi connectivity index (χ1v) is 10.8. The molecule has 0 fully saturated rings. The largest absolute Gasteiger partial charge is 0.477 e. The normalized spacial score (nSPS) is 12.3. The van der Waals surface area contributed by atoms with Crippen LogP contribution in [0.5, 0.6) is 0 Å². The lowest BCUT2D eigenvalue weighted by atomic mass is 9.93. The molecule has 2 aromatic carbocycles.